The van der Waals surface area contributed by atoms with Gasteiger partial charge in [0, 0.05) is 45.3 Å². The van der Waals surface area contributed by atoms with Gasteiger partial charge in [-0.25, -0.2) is 0 Å². The maximum Gasteiger partial charge on any atom is 0.139 e. The number of methoxy groups -OCH3 is 1. The van der Waals surface area contributed by atoms with Gasteiger partial charge in [-0.3, -0.25) is 4.98 Å². The molecule has 0 aromatic carbocycles. The van der Waals surface area contributed by atoms with Crippen molar-refractivity contribution in [3.05, 3.63) is 18.5 Å². The average Bonchev–Trinajstić information content (AvgIpc) is 2.44. The van der Waals surface area contributed by atoms with Crippen LogP contribution >= 0.6 is 0 Å². The third kappa shape index (κ3) is 4.36. The fraction of sp³-hybridized carbons (Fsp3) is 0.643. The van der Waals surface area contributed by atoms with Crippen LogP contribution in [0.1, 0.15) is 19.3 Å². The van der Waals surface area contributed by atoms with Crippen molar-refractivity contribution < 1.29 is 9.47 Å². The van der Waals surface area contributed by atoms with Crippen molar-refractivity contribution in [2.24, 2.45) is 5.73 Å². The van der Waals surface area contributed by atoms with E-state index in [1.54, 1.807) is 13.3 Å². The maximum atomic E-state index is 6.01. The maximum absolute atomic E-state index is 6.01. The SMILES string of the molecule is COCCCOc1cncc(N2CCCC(N)C2)c1. The van der Waals surface area contributed by atoms with Crippen molar-refractivity contribution in [2.45, 2.75) is 25.3 Å². The van der Waals surface area contributed by atoms with Crippen LogP contribution in [0.5, 0.6) is 5.75 Å². The Kier molecular flexibility index (Phi) is 5.42. The second-order valence-corrected chi connectivity index (χ2v) is 4.92. The Hall–Kier alpha value is -1.33. The van der Waals surface area contributed by atoms with E-state index < -0.39 is 0 Å². The lowest BCUT2D eigenvalue weighted by Gasteiger charge is -2.32. The molecular weight excluding hydrogens is 242 g/mol. The zero-order valence-corrected chi connectivity index (χ0v) is 11.5. The van der Waals surface area contributed by atoms with Crippen molar-refractivity contribution >= 4 is 5.69 Å². The summed E-state index contributed by atoms with van der Waals surface area (Å²) in [7, 11) is 1.70. The second kappa shape index (κ2) is 7.31. The Morgan fingerprint density at radius 3 is 3.11 bits per heavy atom. The van der Waals surface area contributed by atoms with E-state index in [-0.39, 0.29) is 6.04 Å². The molecule has 2 rings (SSSR count). The number of aromatic nitrogens is 1. The van der Waals surface area contributed by atoms with Gasteiger partial charge in [0.1, 0.15) is 5.75 Å². The normalized spacial score (nSPS) is 19.5. The Labute approximate surface area is 114 Å². The van der Waals surface area contributed by atoms with Crippen LogP contribution in [0.3, 0.4) is 0 Å². The molecule has 1 saturated heterocycles. The molecule has 0 bridgehead atoms. The number of nitrogens with two attached hydrogens (primary N) is 1. The predicted molar refractivity (Wildman–Crippen MR) is 75.6 cm³/mol. The monoisotopic (exact) mass is 265 g/mol. The van der Waals surface area contributed by atoms with Gasteiger partial charge in [0.25, 0.3) is 0 Å². The summed E-state index contributed by atoms with van der Waals surface area (Å²) in [6.45, 7) is 3.31. The van der Waals surface area contributed by atoms with Crippen LogP contribution in [0.25, 0.3) is 0 Å². The molecule has 1 fully saturated rings. The molecule has 1 atom stereocenters. The van der Waals surface area contributed by atoms with E-state index in [9.17, 15) is 0 Å². The van der Waals surface area contributed by atoms with Crippen molar-refractivity contribution in [1.29, 1.82) is 0 Å². The first-order chi connectivity index (χ1) is 9.29. The van der Waals surface area contributed by atoms with E-state index >= 15 is 0 Å². The zero-order valence-electron chi connectivity index (χ0n) is 11.5. The highest BCUT2D eigenvalue weighted by atomic mass is 16.5. The summed E-state index contributed by atoms with van der Waals surface area (Å²) in [5.41, 5.74) is 7.10. The molecule has 1 unspecified atom stereocenters. The minimum Gasteiger partial charge on any atom is -0.492 e. The van der Waals surface area contributed by atoms with Crippen LogP contribution in [0.2, 0.25) is 0 Å². The molecule has 2 heterocycles. The van der Waals surface area contributed by atoms with Gasteiger partial charge in [-0.1, -0.05) is 0 Å². The number of hydrogen-bond acceptors (Lipinski definition) is 5. The van der Waals surface area contributed by atoms with Crippen LogP contribution in [0.4, 0.5) is 5.69 Å². The fourth-order valence-corrected chi connectivity index (χ4v) is 2.30. The molecule has 0 spiro atoms. The summed E-state index contributed by atoms with van der Waals surface area (Å²) in [6, 6.07) is 2.30. The predicted octanol–water partition coefficient (Wildman–Crippen LogP) is 1.42. The number of hydrogen-bond donors (Lipinski definition) is 1. The summed E-state index contributed by atoms with van der Waals surface area (Å²) >= 11 is 0. The third-order valence-electron chi connectivity index (χ3n) is 3.28. The molecule has 0 amide bonds. The Bertz CT molecular complexity index is 387. The molecule has 106 valence electrons. The highest BCUT2D eigenvalue weighted by Gasteiger charge is 2.17. The van der Waals surface area contributed by atoms with Gasteiger partial charge in [0.2, 0.25) is 0 Å². The number of pyridine rings is 1. The lowest BCUT2D eigenvalue weighted by molar-refractivity contribution is 0.172. The topological polar surface area (TPSA) is 60.6 Å². The first-order valence-electron chi connectivity index (χ1n) is 6.87. The quantitative estimate of drug-likeness (QED) is 0.788. The molecule has 1 aliphatic heterocycles. The number of piperidine rings is 1. The first-order valence-corrected chi connectivity index (χ1v) is 6.87. The van der Waals surface area contributed by atoms with Crippen molar-refractivity contribution in [3.63, 3.8) is 0 Å². The van der Waals surface area contributed by atoms with Gasteiger partial charge in [0.15, 0.2) is 0 Å². The summed E-state index contributed by atoms with van der Waals surface area (Å²) in [5, 5.41) is 0. The number of rotatable bonds is 6. The number of ether oxygens (including phenoxy) is 2. The van der Waals surface area contributed by atoms with E-state index in [0.29, 0.717) is 13.2 Å². The third-order valence-corrected chi connectivity index (χ3v) is 3.28. The van der Waals surface area contributed by atoms with E-state index in [1.165, 1.54) is 0 Å². The highest BCUT2D eigenvalue weighted by Crippen LogP contribution is 2.22. The summed E-state index contributed by atoms with van der Waals surface area (Å²) in [5.74, 6) is 0.813. The highest BCUT2D eigenvalue weighted by molar-refractivity contribution is 5.48. The van der Waals surface area contributed by atoms with Crippen molar-refractivity contribution in [1.82, 2.24) is 4.98 Å². The van der Waals surface area contributed by atoms with Crippen molar-refractivity contribution in [2.75, 3.05) is 38.3 Å². The van der Waals surface area contributed by atoms with Crippen LogP contribution in [0, 0.1) is 0 Å². The molecule has 5 heteroatoms. The molecule has 0 aliphatic carbocycles. The van der Waals surface area contributed by atoms with Gasteiger partial charge in [-0.15, -0.1) is 0 Å². The average molecular weight is 265 g/mol. The van der Waals surface area contributed by atoms with Crippen LogP contribution < -0.4 is 15.4 Å². The van der Waals surface area contributed by atoms with E-state index in [1.807, 2.05) is 12.3 Å². The second-order valence-electron chi connectivity index (χ2n) is 4.92. The molecule has 5 nitrogen and oxygen atoms in total. The zero-order chi connectivity index (χ0) is 13.5. The molecule has 0 radical (unpaired) electrons. The van der Waals surface area contributed by atoms with E-state index in [2.05, 4.69) is 9.88 Å². The number of anilines is 1. The summed E-state index contributed by atoms with van der Waals surface area (Å²) < 4.78 is 10.7. The Morgan fingerprint density at radius 2 is 2.32 bits per heavy atom. The fourth-order valence-electron chi connectivity index (χ4n) is 2.30. The lowest BCUT2D eigenvalue weighted by atomic mass is 10.1. The molecule has 1 aliphatic rings. The lowest BCUT2D eigenvalue weighted by Crippen LogP contribution is -2.42. The van der Waals surface area contributed by atoms with Crippen LogP contribution in [0.15, 0.2) is 18.5 Å². The van der Waals surface area contributed by atoms with Gasteiger partial charge in [-0.2, -0.15) is 0 Å². The minimum absolute atomic E-state index is 0.264. The van der Waals surface area contributed by atoms with Gasteiger partial charge in [0.05, 0.1) is 24.7 Å². The molecule has 19 heavy (non-hydrogen) atoms. The van der Waals surface area contributed by atoms with E-state index in [0.717, 1.165) is 43.8 Å². The molecule has 2 N–H and O–H groups in total. The van der Waals surface area contributed by atoms with Gasteiger partial charge >= 0.3 is 0 Å². The Morgan fingerprint density at radius 1 is 1.42 bits per heavy atom. The smallest absolute Gasteiger partial charge is 0.139 e. The largest absolute Gasteiger partial charge is 0.492 e. The summed E-state index contributed by atoms with van der Waals surface area (Å²) in [6.07, 6.45) is 6.76. The van der Waals surface area contributed by atoms with Gasteiger partial charge < -0.3 is 20.1 Å². The Balaban J connectivity index is 1.90. The van der Waals surface area contributed by atoms with E-state index in [4.69, 9.17) is 15.2 Å². The van der Waals surface area contributed by atoms with Crippen molar-refractivity contribution in [3.8, 4) is 5.75 Å². The first kappa shape index (κ1) is 14.1. The molecular formula is C14H23N3O2. The van der Waals surface area contributed by atoms with Gasteiger partial charge in [-0.05, 0) is 12.8 Å². The summed E-state index contributed by atoms with van der Waals surface area (Å²) in [4.78, 5) is 6.53. The molecule has 1 aromatic heterocycles. The molecule has 0 saturated carbocycles. The van der Waals surface area contributed by atoms with Crippen LogP contribution in [-0.4, -0.2) is 44.4 Å². The number of nitrogens with zero attached hydrogens (tertiary/aromatic N) is 2. The molecule has 1 aromatic rings. The standard InChI is InChI=1S/C14H23N3O2/c1-18-6-3-7-19-14-8-13(9-16-10-14)17-5-2-4-12(15)11-17/h8-10,12H,2-7,11,15H2,1H3. The van der Waals surface area contributed by atoms with Crippen LogP contribution in [-0.2, 0) is 4.74 Å². The minimum atomic E-state index is 0.264.